The summed E-state index contributed by atoms with van der Waals surface area (Å²) in [6, 6.07) is 3.47. The van der Waals surface area contributed by atoms with E-state index in [4.69, 9.17) is 31.4 Å². The molecule has 23 heavy (non-hydrogen) atoms. The van der Waals surface area contributed by atoms with Crippen molar-refractivity contribution in [2.24, 2.45) is 0 Å². The van der Waals surface area contributed by atoms with Gasteiger partial charge in [0.15, 0.2) is 0 Å². The van der Waals surface area contributed by atoms with Crippen LogP contribution >= 0.6 is 24.2 Å². The largest absolute Gasteiger partial charge is 0.495 e. The van der Waals surface area contributed by atoms with Gasteiger partial charge in [0.1, 0.15) is 5.75 Å². The summed E-state index contributed by atoms with van der Waals surface area (Å²) < 4.78 is 17.4. The van der Waals surface area contributed by atoms with Gasteiger partial charge in [-0.25, -0.2) is 0 Å². The Morgan fingerprint density at radius 3 is 2.35 bits per heavy atom. The van der Waals surface area contributed by atoms with Gasteiger partial charge < -0.3 is 19.8 Å². The zero-order chi connectivity index (χ0) is 17.4. The van der Waals surface area contributed by atoms with Crippen LogP contribution in [0.25, 0.3) is 6.08 Å². The predicted molar refractivity (Wildman–Crippen MR) is 100 cm³/mol. The van der Waals surface area contributed by atoms with Gasteiger partial charge in [0.2, 0.25) is 0 Å². The number of hydrogen-bond acceptors (Lipinski definition) is 5. The van der Waals surface area contributed by atoms with Gasteiger partial charge in [-0.3, -0.25) is 0 Å². The molecule has 1 aliphatic rings. The van der Waals surface area contributed by atoms with Crippen LogP contribution in [0.15, 0.2) is 17.6 Å². The van der Waals surface area contributed by atoms with Crippen molar-refractivity contribution < 1.29 is 14.0 Å². The molecular formula is C16H23BClNO3S. The smallest absolute Gasteiger partial charge is 0.491 e. The Bertz CT molecular complexity index is 618. The molecule has 0 radical (unpaired) electrons. The Morgan fingerprint density at radius 1 is 1.30 bits per heavy atom. The Kier molecular flexibility index (Phi) is 5.31. The minimum Gasteiger partial charge on any atom is -0.495 e. The highest BCUT2D eigenvalue weighted by Crippen LogP contribution is 2.39. The Hall–Kier alpha value is -0.815. The predicted octanol–water partition coefficient (Wildman–Crippen LogP) is 3.88. The van der Waals surface area contributed by atoms with E-state index in [9.17, 15) is 0 Å². The molecule has 0 amide bonds. The number of ether oxygens (including phenoxy) is 1. The molecule has 2 N–H and O–H groups in total. The van der Waals surface area contributed by atoms with E-state index >= 15 is 0 Å². The van der Waals surface area contributed by atoms with E-state index in [0.717, 1.165) is 11.0 Å². The van der Waals surface area contributed by atoms with Gasteiger partial charge in [-0.05, 0) is 50.9 Å². The average Bonchev–Trinajstić information content (AvgIpc) is 2.66. The van der Waals surface area contributed by atoms with E-state index in [1.54, 1.807) is 19.2 Å². The SMILES string of the molecule is COc1cc(C=C(CS)B2OC(C)(C)C(C)(C)O2)c(Cl)cc1N. The number of rotatable bonds is 4. The molecule has 126 valence electrons. The van der Waals surface area contributed by atoms with Crippen molar-refractivity contribution in [3.63, 3.8) is 0 Å². The molecule has 0 unspecified atom stereocenters. The van der Waals surface area contributed by atoms with E-state index in [-0.39, 0.29) is 0 Å². The average molecular weight is 356 g/mol. The summed E-state index contributed by atoms with van der Waals surface area (Å²) in [4.78, 5) is 0. The first-order valence-electron chi connectivity index (χ1n) is 7.41. The van der Waals surface area contributed by atoms with Gasteiger partial charge in [-0.15, -0.1) is 0 Å². The molecule has 1 aromatic carbocycles. The van der Waals surface area contributed by atoms with Crippen LogP contribution in [0.1, 0.15) is 33.3 Å². The van der Waals surface area contributed by atoms with E-state index < -0.39 is 18.3 Å². The van der Waals surface area contributed by atoms with E-state index in [1.807, 2.05) is 33.8 Å². The lowest BCUT2D eigenvalue weighted by molar-refractivity contribution is 0.00578. The van der Waals surface area contributed by atoms with Crippen LogP contribution in [0.2, 0.25) is 5.02 Å². The fraction of sp³-hybridized carbons (Fsp3) is 0.500. The van der Waals surface area contributed by atoms with Gasteiger partial charge in [0, 0.05) is 5.75 Å². The van der Waals surface area contributed by atoms with E-state index in [0.29, 0.717) is 22.2 Å². The third-order valence-electron chi connectivity index (χ3n) is 4.43. The van der Waals surface area contributed by atoms with Crippen LogP contribution in [-0.2, 0) is 9.31 Å². The summed E-state index contributed by atoms with van der Waals surface area (Å²) in [7, 11) is 1.11. The minimum atomic E-state index is -0.461. The summed E-state index contributed by atoms with van der Waals surface area (Å²) in [6.07, 6.45) is 1.92. The Balaban J connectivity index is 2.37. The zero-order valence-corrected chi connectivity index (χ0v) is 15.8. The third-order valence-corrected chi connectivity index (χ3v) is 5.12. The van der Waals surface area contributed by atoms with E-state index in [2.05, 4.69) is 12.6 Å². The molecular weight excluding hydrogens is 333 g/mol. The molecule has 2 rings (SSSR count). The zero-order valence-electron chi connectivity index (χ0n) is 14.1. The van der Waals surface area contributed by atoms with Crippen LogP contribution in [0.5, 0.6) is 5.75 Å². The Labute approximate surface area is 148 Å². The monoisotopic (exact) mass is 355 g/mol. The fourth-order valence-corrected chi connectivity index (χ4v) is 2.72. The third kappa shape index (κ3) is 3.66. The van der Waals surface area contributed by atoms with Gasteiger partial charge in [-0.2, -0.15) is 12.6 Å². The summed E-state index contributed by atoms with van der Waals surface area (Å²) in [5, 5.41) is 0.541. The molecule has 1 aromatic rings. The molecule has 0 spiro atoms. The molecule has 0 saturated carbocycles. The number of benzene rings is 1. The van der Waals surface area contributed by atoms with Gasteiger partial charge in [0.05, 0.1) is 29.0 Å². The molecule has 1 saturated heterocycles. The minimum absolute atomic E-state index is 0.400. The maximum atomic E-state index is 6.29. The number of hydrogen-bond donors (Lipinski definition) is 2. The molecule has 1 fully saturated rings. The normalized spacial score (nSPS) is 20.0. The quantitative estimate of drug-likeness (QED) is 0.489. The molecule has 4 nitrogen and oxygen atoms in total. The summed E-state index contributed by atoms with van der Waals surface area (Å²) >= 11 is 10.7. The summed E-state index contributed by atoms with van der Waals surface area (Å²) in [5.41, 5.74) is 7.24. The van der Waals surface area contributed by atoms with Crippen LogP contribution in [0.3, 0.4) is 0 Å². The first kappa shape index (κ1) is 18.5. The molecule has 1 heterocycles. The Morgan fingerprint density at radius 2 is 1.87 bits per heavy atom. The molecule has 1 aliphatic heterocycles. The maximum Gasteiger partial charge on any atom is 0.491 e. The van der Waals surface area contributed by atoms with Crippen molar-refractivity contribution in [1.29, 1.82) is 0 Å². The molecule has 0 aromatic heterocycles. The second-order valence-electron chi connectivity index (χ2n) is 6.58. The van der Waals surface area contributed by atoms with Gasteiger partial charge >= 0.3 is 7.12 Å². The van der Waals surface area contributed by atoms with Crippen molar-refractivity contribution in [2.45, 2.75) is 38.9 Å². The van der Waals surface area contributed by atoms with Crippen LogP contribution in [-0.4, -0.2) is 31.2 Å². The summed E-state index contributed by atoms with van der Waals surface area (Å²) in [6.45, 7) is 8.06. The first-order valence-corrected chi connectivity index (χ1v) is 8.42. The summed E-state index contributed by atoms with van der Waals surface area (Å²) in [5.74, 6) is 1.06. The van der Waals surface area contributed by atoms with Crippen LogP contribution < -0.4 is 10.5 Å². The van der Waals surface area contributed by atoms with Crippen molar-refractivity contribution in [3.8, 4) is 5.75 Å². The topological polar surface area (TPSA) is 53.7 Å². The van der Waals surface area contributed by atoms with Gasteiger partial charge in [0.25, 0.3) is 0 Å². The standard InChI is InChI=1S/C16H23BClNO3S/c1-15(2)16(3,4)22-17(21-15)11(9-23)6-10-7-14(20-5)13(19)8-12(10)18/h6-8,23H,9,19H2,1-5H3. The molecule has 7 heteroatoms. The number of anilines is 1. The van der Waals surface area contributed by atoms with Crippen molar-refractivity contribution in [3.05, 3.63) is 28.2 Å². The lowest BCUT2D eigenvalue weighted by Gasteiger charge is -2.32. The van der Waals surface area contributed by atoms with Crippen molar-refractivity contribution in [1.82, 2.24) is 0 Å². The highest BCUT2D eigenvalue weighted by Gasteiger charge is 2.52. The van der Waals surface area contributed by atoms with Crippen LogP contribution in [0.4, 0.5) is 5.69 Å². The first-order chi connectivity index (χ1) is 10.6. The number of methoxy groups -OCH3 is 1. The van der Waals surface area contributed by atoms with Crippen molar-refractivity contribution >= 4 is 43.1 Å². The highest BCUT2D eigenvalue weighted by atomic mass is 35.5. The van der Waals surface area contributed by atoms with Crippen molar-refractivity contribution in [2.75, 3.05) is 18.6 Å². The molecule has 0 bridgehead atoms. The number of nitrogens with two attached hydrogens (primary N) is 1. The van der Waals surface area contributed by atoms with Crippen LogP contribution in [0, 0.1) is 0 Å². The molecule has 0 atom stereocenters. The van der Waals surface area contributed by atoms with Gasteiger partial charge in [-0.1, -0.05) is 17.7 Å². The number of nitrogen functional groups attached to an aromatic ring is 1. The number of thiol groups is 1. The number of halogens is 1. The lowest BCUT2D eigenvalue weighted by Crippen LogP contribution is -2.41. The maximum absolute atomic E-state index is 6.29. The molecule has 0 aliphatic carbocycles. The second-order valence-corrected chi connectivity index (χ2v) is 7.30. The highest BCUT2D eigenvalue weighted by molar-refractivity contribution is 7.80. The van der Waals surface area contributed by atoms with E-state index in [1.165, 1.54) is 0 Å². The lowest BCUT2D eigenvalue weighted by atomic mass is 9.78. The fourth-order valence-electron chi connectivity index (χ4n) is 2.25. The second kappa shape index (κ2) is 6.59.